The van der Waals surface area contributed by atoms with E-state index in [2.05, 4.69) is 28.4 Å². The molecule has 0 radical (unpaired) electrons. The minimum atomic E-state index is 0.320. The SMILES string of the molecule is CCC(c1ccccc1)c1nc(N)ns1. The third kappa shape index (κ3) is 2.15. The fourth-order valence-electron chi connectivity index (χ4n) is 1.63. The summed E-state index contributed by atoms with van der Waals surface area (Å²) in [5.41, 5.74) is 6.81. The van der Waals surface area contributed by atoms with E-state index in [1.807, 2.05) is 18.2 Å². The molecule has 2 aromatic rings. The highest BCUT2D eigenvalue weighted by Crippen LogP contribution is 2.28. The van der Waals surface area contributed by atoms with Crippen LogP contribution in [0.15, 0.2) is 30.3 Å². The molecule has 0 fully saturated rings. The van der Waals surface area contributed by atoms with Crippen LogP contribution in [0.2, 0.25) is 0 Å². The Balaban J connectivity index is 2.33. The van der Waals surface area contributed by atoms with E-state index < -0.39 is 0 Å². The first-order chi connectivity index (χ1) is 7.31. The lowest BCUT2D eigenvalue weighted by Gasteiger charge is -2.10. The van der Waals surface area contributed by atoms with Gasteiger partial charge in [0.25, 0.3) is 0 Å². The number of hydrogen-bond acceptors (Lipinski definition) is 4. The predicted molar refractivity (Wildman–Crippen MR) is 62.9 cm³/mol. The van der Waals surface area contributed by atoms with Crippen LogP contribution in [-0.4, -0.2) is 9.36 Å². The molecule has 1 atom stereocenters. The second-order valence-corrected chi connectivity index (χ2v) is 4.15. The molecule has 0 aliphatic heterocycles. The van der Waals surface area contributed by atoms with E-state index >= 15 is 0 Å². The number of aromatic nitrogens is 2. The third-order valence-electron chi connectivity index (χ3n) is 2.37. The molecule has 0 saturated heterocycles. The fraction of sp³-hybridized carbons (Fsp3) is 0.273. The number of hydrogen-bond donors (Lipinski definition) is 1. The van der Waals surface area contributed by atoms with Crippen LogP contribution in [0.1, 0.15) is 29.8 Å². The van der Waals surface area contributed by atoms with E-state index in [9.17, 15) is 0 Å². The molecule has 0 aliphatic carbocycles. The Bertz CT molecular complexity index is 424. The first kappa shape index (κ1) is 10.1. The van der Waals surface area contributed by atoms with Crippen molar-refractivity contribution in [3.63, 3.8) is 0 Å². The highest BCUT2D eigenvalue weighted by atomic mass is 32.1. The maximum Gasteiger partial charge on any atom is 0.232 e. The second-order valence-electron chi connectivity index (χ2n) is 3.36. The van der Waals surface area contributed by atoms with E-state index in [-0.39, 0.29) is 0 Å². The smallest absolute Gasteiger partial charge is 0.232 e. The van der Waals surface area contributed by atoms with E-state index in [1.54, 1.807) is 0 Å². The maximum absolute atomic E-state index is 5.54. The zero-order chi connectivity index (χ0) is 10.7. The Labute approximate surface area is 93.1 Å². The minimum absolute atomic E-state index is 0.320. The molecule has 15 heavy (non-hydrogen) atoms. The van der Waals surface area contributed by atoms with E-state index in [0.717, 1.165) is 11.4 Å². The van der Waals surface area contributed by atoms with Crippen LogP contribution in [0.4, 0.5) is 5.95 Å². The zero-order valence-corrected chi connectivity index (χ0v) is 9.37. The number of anilines is 1. The van der Waals surface area contributed by atoms with Crippen LogP contribution in [-0.2, 0) is 0 Å². The van der Waals surface area contributed by atoms with Gasteiger partial charge in [0, 0.05) is 5.92 Å². The highest BCUT2D eigenvalue weighted by Gasteiger charge is 2.15. The normalized spacial score (nSPS) is 12.6. The molecule has 1 aromatic heterocycles. The molecule has 78 valence electrons. The Morgan fingerprint density at radius 2 is 2.07 bits per heavy atom. The van der Waals surface area contributed by atoms with Crippen molar-refractivity contribution >= 4 is 17.5 Å². The van der Waals surface area contributed by atoms with Gasteiger partial charge in [0.15, 0.2) is 0 Å². The summed E-state index contributed by atoms with van der Waals surface area (Å²) in [7, 11) is 0. The first-order valence-corrected chi connectivity index (χ1v) is 5.72. The molecule has 1 unspecified atom stereocenters. The van der Waals surface area contributed by atoms with Gasteiger partial charge < -0.3 is 5.73 Å². The average Bonchev–Trinajstić information content (AvgIpc) is 2.68. The van der Waals surface area contributed by atoms with Crippen molar-refractivity contribution in [1.29, 1.82) is 0 Å². The first-order valence-electron chi connectivity index (χ1n) is 4.95. The molecular formula is C11H13N3S. The molecule has 1 aromatic carbocycles. The fourth-order valence-corrected chi connectivity index (χ4v) is 2.42. The minimum Gasteiger partial charge on any atom is -0.367 e. The molecule has 0 spiro atoms. The van der Waals surface area contributed by atoms with Crippen LogP contribution in [0, 0.1) is 0 Å². The lowest BCUT2D eigenvalue weighted by molar-refractivity contribution is 0.770. The highest BCUT2D eigenvalue weighted by molar-refractivity contribution is 7.05. The van der Waals surface area contributed by atoms with Crippen molar-refractivity contribution < 1.29 is 0 Å². The summed E-state index contributed by atoms with van der Waals surface area (Å²) in [5, 5.41) is 1.00. The van der Waals surface area contributed by atoms with Crippen LogP contribution in [0.25, 0.3) is 0 Å². The summed E-state index contributed by atoms with van der Waals surface area (Å²) >= 11 is 1.39. The molecule has 0 aliphatic rings. The molecule has 0 amide bonds. The van der Waals surface area contributed by atoms with E-state index in [1.165, 1.54) is 17.1 Å². The molecule has 2 N–H and O–H groups in total. The van der Waals surface area contributed by atoms with Crippen molar-refractivity contribution in [1.82, 2.24) is 9.36 Å². The molecule has 1 heterocycles. The number of rotatable bonds is 3. The Morgan fingerprint density at radius 1 is 1.33 bits per heavy atom. The summed E-state index contributed by atoms with van der Waals surface area (Å²) in [6.45, 7) is 2.15. The molecule has 2 rings (SSSR count). The molecule has 0 bridgehead atoms. The lowest BCUT2D eigenvalue weighted by atomic mass is 9.97. The van der Waals surface area contributed by atoms with Gasteiger partial charge in [-0.1, -0.05) is 37.3 Å². The Morgan fingerprint density at radius 3 is 2.60 bits per heavy atom. The number of nitrogens with two attached hydrogens (primary N) is 1. The topological polar surface area (TPSA) is 51.8 Å². The quantitative estimate of drug-likeness (QED) is 0.863. The van der Waals surface area contributed by atoms with Crippen LogP contribution >= 0.6 is 11.5 Å². The van der Waals surface area contributed by atoms with Gasteiger partial charge in [-0.3, -0.25) is 0 Å². The maximum atomic E-state index is 5.54. The summed E-state index contributed by atoms with van der Waals surface area (Å²) < 4.78 is 4.02. The second kappa shape index (κ2) is 4.40. The van der Waals surface area contributed by atoms with Gasteiger partial charge in [-0.25, -0.2) is 4.98 Å². The Kier molecular flexibility index (Phi) is 2.97. The van der Waals surface area contributed by atoms with Gasteiger partial charge in [0.05, 0.1) is 0 Å². The van der Waals surface area contributed by atoms with Gasteiger partial charge in [-0.15, -0.1) is 0 Å². The van der Waals surface area contributed by atoms with Crippen molar-refractivity contribution in [3.05, 3.63) is 40.9 Å². The van der Waals surface area contributed by atoms with Crippen LogP contribution < -0.4 is 5.73 Å². The lowest BCUT2D eigenvalue weighted by Crippen LogP contribution is -1.99. The summed E-state index contributed by atoms with van der Waals surface area (Å²) in [6, 6.07) is 10.3. The van der Waals surface area contributed by atoms with E-state index in [4.69, 9.17) is 5.73 Å². The van der Waals surface area contributed by atoms with Crippen LogP contribution in [0.5, 0.6) is 0 Å². The standard InChI is InChI=1S/C11H13N3S/c1-2-9(8-6-4-3-5-7-8)10-13-11(12)14-15-10/h3-7,9H,2H2,1H3,(H2,12,14). The van der Waals surface area contributed by atoms with Gasteiger partial charge in [0.1, 0.15) is 5.01 Å². The molecular weight excluding hydrogens is 206 g/mol. The summed E-state index contributed by atoms with van der Waals surface area (Å²) in [5.74, 6) is 0.699. The third-order valence-corrected chi connectivity index (χ3v) is 3.21. The Hall–Kier alpha value is -1.42. The average molecular weight is 219 g/mol. The molecule has 3 nitrogen and oxygen atoms in total. The summed E-state index contributed by atoms with van der Waals surface area (Å²) in [4.78, 5) is 4.24. The number of nitrogen functional groups attached to an aromatic ring is 1. The number of benzene rings is 1. The van der Waals surface area contributed by atoms with Crippen molar-refractivity contribution in [2.45, 2.75) is 19.3 Å². The van der Waals surface area contributed by atoms with Crippen molar-refractivity contribution in [2.75, 3.05) is 5.73 Å². The largest absolute Gasteiger partial charge is 0.367 e. The van der Waals surface area contributed by atoms with Crippen molar-refractivity contribution in [2.24, 2.45) is 0 Å². The van der Waals surface area contributed by atoms with Crippen molar-refractivity contribution in [3.8, 4) is 0 Å². The van der Waals surface area contributed by atoms with E-state index in [0.29, 0.717) is 11.9 Å². The summed E-state index contributed by atoms with van der Waals surface area (Å²) in [6.07, 6.45) is 1.01. The van der Waals surface area contributed by atoms with Crippen LogP contribution in [0.3, 0.4) is 0 Å². The van der Waals surface area contributed by atoms with Gasteiger partial charge in [-0.2, -0.15) is 4.37 Å². The predicted octanol–water partition coefficient (Wildman–Crippen LogP) is 2.66. The molecule has 4 heteroatoms. The van der Waals surface area contributed by atoms with Gasteiger partial charge in [-0.05, 0) is 23.5 Å². The zero-order valence-electron chi connectivity index (χ0n) is 8.55. The number of nitrogens with zero attached hydrogens (tertiary/aromatic N) is 2. The monoisotopic (exact) mass is 219 g/mol. The molecule has 0 saturated carbocycles. The van der Waals surface area contributed by atoms with Gasteiger partial charge in [0.2, 0.25) is 5.95 Å². The van der Waals surface area contributed by atoms with Gasteiger partial charge >= 0.3 is 0 Å².